The van der Waals surface area contributed by atoms with Crippen molar-refractivity contribution >= 4 is 38.4 Å². The van der Waals surface area contributed by atoms with Crippen molar-refractivity contribution in [3.8, 4) is 0 Å². The third kappa shape index (κ3) is 4.33. The molecule has 1 aromatic carbocycles. The van der Waals surface area contributed by atoms with Crippen LogP contribution in [0.1, 0.15) is 12.8 Å². The molecule has 0 saturated carbocycles. The summed E-state index contributed by atoms with van der Waals surface area (Å²) in [4.78, 5) is 27.6. The lowest BCUT2D eigenvalue weighted by Crippen LogP contribution is -2.44. The number of carbonyl (C=O) groups excluding carboxylic acids is 1. The summed E-state index contributed by atoms with van der Waals surface area (Å²) >= 11 is 1.63. The molecule has 0 spiro atoms. The summed E-state index contributed by atoms with van der Waals surface area (Å²) in [5.74, 6) is 0.936. The number of fused-ring (bicyclic) bond motifs is 1. The third-order valence-corrected chi connectivity index (χ3v) is 5.65. The highest BCUT2D eigenvalue weighted by Crippen LogP contribution is 2.25. The van der Waals surface area contributed by atoms with Gasteiger partial charge in [-0.25, -0.2) is 9.97 Å². The summed E-state index contributed by atoms with van der Waals surface area (Å²) in [6, 6.07) is 8.07. The maximum Gasteiger partial charge on any atom is 0.224 e. The van der Waals surface area contributed by atoms with Gasteiger partial charge in [0.15, 0.2) is 5.13 Å². The van der Waals surface area contributed by atoms with Crippen molar-refractivity contribution in [1.29, 1.82) is 0 Å². The number of anilines is 2. The topological polar surface area (TPSA) is 83.0 Å². The fourth-order valence-electron chi connectivity index (χ4n) is 3.30. The molecule has 27 heavy (non-hydrogen) atoms. The van der Waals surface area contributed by atoms with E-state index in [2.05, 4.69) is 36.6 Å². The molecule has 2 aromatic heterocycles. The molecular formula is C19H22N6OS. The number of piperidine rings is 1. The van der Waals surface area contributed by atoms with E-state index in [4.69, 9.17) is 0 Å². The molecule has 8 heteroatoms. The van der Waals surface area contributed by atoms with Gasteiger partial charge in [-0.05, 0) is 25.0 Å². The second kappa shape index (κ2) is 8.30. The highest BCUT2D eigenvalue weighted by molar-refractivity contribution is 7.22. The molecule has 3 heterocycles. The zero-order chi connectivity index (χ0) is 18.5. The molecule has 1 amide bonds. The largest absolute Gasteiger partial charge is 0.360 e. The van der Waals surface area contributed by atoms with Crippen molar-refractivity contribution in [1.82, 2.24) is 20.3 Å². The average Bonchev–Trinajstić information content (AvgIpc) is 3.15. The summed E-state index contributed by atoms with van der Waals surface area (Å²) in [6.45, 7) is 2.85. The SMILES string of the molecule is O=C(NCCNc1nc2ccccc2s1)[C@@H]1CCCN(c2cnccn2)C1. The Morgan fingerprint density at radius 3 is 3.04 bits per heavy atom. The van der Waals surface area contributed by atoms with Gasteiger partial charge in [0, 0.05) is 38.6 Å². The van der Waals surface area contributed by atoms with Gasteiger partial charge in [-0.1, -0.05) is 23.5 Å². The van der Waals surface area contributed by atoms with E-state index in [-0.39, 0.29) is 11.8 Å². The van der Waals surface area contributed by atoms with Gasteiger partial charge in [0.05, 0.1) is 22.3 Å². The van der Waals surface area contributed by atoms with Crippen molar-refractivity contribution in [3.63, 3.8) is 0 Å². The Hall–Kier alpha value is -2.74. The van der Waals surface area contributed by atoms with Gasteiger partial charge in [-0.3, -0.25) is 9.78 Å². The van der Waals surface area contributed by atoms with E-state index in [0.717, 1.165) is 40.6 Å². The van der Waals surface area contributed by atoms with Crippen LogP contribution in [0.2, 0.25) is 0 Å². The number of para-hydroxylation sites is 1. The standard InChI is InChI=1S/C19H22N6OS/c26-18(14-4-3-11-25(13-14)17-12-20-7-8-21-17)22-9-10-23-19-24-15-5-1-2-6-16(15)27-19/h1-2,5-8,12,14H,3-4,9-11,13H2,(H,22,26)(H,23,24)/t14-/m1/s1. The van der Waals surface area contributed by atoms with Crippen molar-refractivity contribution in [3.05, 3.63) is 42.9 Å². The Labute approximate surface area is 161 Å². The first-order valence-corrected chi connectivity index (χ1v) is 9.99. The molecule has 0 unspecified atom stereocenters. The second-order valence-electron chi connectivity index (χ2n) is 6.55. The minimum atomic E-state index is -0.0109. The zero-order valence-corrected chi connectivity index (χ0v) is 15.8. The lowest BCUT2D eigenvalue weighted by atomic mass is 9.97. The molecule has 7 nitrogen and oxygen atoms in total. The molecule has 3 aromatic rings. The Bertz CT molecular complexity index is 866. The third-order valence-electron chi connectivity index (χ3n) is 4.66. The van der Waals surface area contributed by atoms with E-state index in [0.29, 0.717) is 19.6 Å². The average molecular weight is 382 g/mol. The van der Waals surface area contributed by atoms with Gasteiger partial charge < -0.3 is 15.5 Å². The van der Waals surface area contributed by atoms with Crippen LogP contribution >= 0.6 is 11.3 Å². The van der Waals surface area contributed by atoms with Gasteiger partial charge in [0.25, 0.3) is 0 Å². The zero-order valence-electron chi connectivity index (χ0n) is 15.0. The van der Waals surface area contributed by atoms with Crippen LogP contribution in [-0.4, -0.2) is 47.0 Å². The first-order chi connectivity index (χ1) is 13.3. The number of thiazole rings is 1. The van der Waals surface area contributed by atoms with Crippen LogP contribution in [0.4, 0.5) is 10.9 Å². The molecule has 4 rings (SSSR count). The van der Waals surface area contributed by atoms with Crippen LogP contribution < -0.4 is 15.5 Å². The molecule has 1 saturated heterocycles. The van der Waals surface area contributed by atoms with Crippen LogP contribution in [0, 0.1) is 5.92 Å². The van der Waals surface area contributed by atoms with E-state index >= 15 is 0 Å². The number of amides is 1. The molecule has 0 bridgehead atoms. The maximum absolute atomic E-state index is 12.5. The molecule has 0 aliphatic carbocycles. The quantitative estimate of drug-likeness (QED) is 0.638. The monoisotopic (exact) mass is 382 g/mol. The Morgan fingerprint density at radius 2 is 2.19 bits per heavy atom. The fourth-order valence-corrected chi connectivity index (χ4v) is 4.19. The number of hydrogen-bond acceptors (Lipinski definition) is 7. The number of aromatic nitrogens is 3. The predicted molar refractivity (Wildman–Crippen MR) is 108 cm³/mol. The van der Waals surface area contributed by atoms with E-state index < -0.39 is 0 Å². The second-order valence-corrected chi connectivity index (χ2v) is 7.58. The highest BCUT2D eigenvalue weighted by atomic mass is 32.1. The molecule has 1 fully saturated rings. The molecule has 1 aliphatic rings. The first-order valence-electron chi connectivity index (χ1n) is 9.18. The Balaban J connectivity index is 1.24. The minimum Gasteiger partial charge on any atom is -0.360 e. The maximum atomic E-state index is 12.5. The van der Waals surface area contributed by atoms with Crippen molar-refractivity contribution in [2.75, 3.05) is 36.4 Å². The number of nitrogens with zero attached hydrogens (tertiary/aromatic N) is 4. The van der Waals surface area contributed by atoms with E-state index in [1.165, 1.54) is 0 Å². The normalized spacial score (nSPS) is 17.0. The number of carbonyl (C=O) groups is 1. The summed E-state index contributed by atoms with van der Waals surface area (Å²) < 4.78 is 1.16. The number of benzene rings is 1. The van der Waals surface area contributed by atoms with Gasteiger partial charge in [0.1, 0.15) is 5.82 Å². The number of rotatable bonds is 6. The van der Waals surface area contributed by atoms with E-state index in [1.807, 2.05) is 18.2 Å². The summed E-state index contributed by atoms with van der Waals surface area (Å²) in [5, 5.41) is 7.22. The Morgan fingerprint density at radius 1 is 1.26 bits per heavy atom. The van der Waals surface area contributed by atoms with Crippen molar-refractivity contribution in [2.45, 2.75) is 12.8 Å². The van der Waals surface area contributed by atoms with E-state index in [1.54, 1.807) is 29.9 Å². The fraction of sp³-hybridized carbons (Fsp3) is 0.368. The van der Waals surface area contributed by atoms with Crippen molar-refractivity contribution < 1.29 is 4.79 Å². The molecule has 1 atom stereocenters. The van der Waals surface area contributed by atoms with Crippen LogP contribution in [0.5, 0.6) is 0 Å². The molecular weight excluding hydrogens is 360 g/mol. The number of nitrogens with one attached hydrogen (secondary N) is 2. The molecule has 0 radical (unpaired) electrons. The lowest BCUT2D eigenvalue weighted by Gasteiger charge is -2.32. The summed E-state index contributed by atoms with van der Waals surface area (Å²) in [7, 11) is 0. The predicted octanol–water partition coefficient (Wildman–Crippen LogP) is 2.53. The number of hydrogen-bond donors (Lipinski definition) is 2. The van der Waals surface area contributed by atoms with Crippen LogP contribution in [0.3, 0.4) is 0 Å². The van der Waals surface area contributed by atoms with Gasteiger partial charge in [-0.2, -0.15) is 0 Å². The molecule has 1 aliphatic heterocycles. The van der Waals surface area contributed by atoms with Crippen molar-refractivity contribution in [2.24, 2.45) is 5.92 Å². The van der Waals surface area contributed by atoms with Crippen LogP contribution in [0.15, 0.2) is 42.9 Å². The van der Waals surface area contributed by atoms with Crippen LogP contribution in [-0.2, 0) is 4.79 Å². The smallest absolute Gasteiger partial charge is 0.224 e. The van der Waals surface area contributed by atoms with Gasteiger partial charge in [-0.15, -0.1) is 0 Å². The highest BCUT2D eigenvalue weighted by Gasteiger charge is 2.26. The van der Waals surface area contributed by atoms with Gasteiger partial charge in [0.2, 0.25) is 5.91 Å². The Kier molecular flexibility index (Phi) is 5.43. The minimum absolute atomic E-state index is 0.0109. The van der Waals surface area contributed by atoms with E-state index in [9.17, 15) is 4.79 Å². The van der Waals surface area contributed by atoms with Crippen LogP contribution in [0.25, 0.3) is 10.2 Å². The lowest BCUT2D eigenvalue weighted by molar-refractivity contribution is -0.125. The molecule has 2 N–H and O–H groups in total. The summed E-state index contributed by atoms with van der Waals surface area (Å²) in [5.41, 5.74) is 1.00. The molecule has 140 valence electrons. The first kappa shape index (κ1) is 17.7. The summed E-state index contributed by atoms with van der Waals surface area (Å²) in [6.07, 6.45) is 7.00. The van der Waals surface area contributed by atoms with Gasteiger partial charge >= 0.3 is 0 Å².